The van der Waals surface area contributed by atoms with E-state index in [0.717, 1.165) is 22.5 Å². The molecule has 0 saturated heterocycles. The minimum Gasteiger partial charge on any atom is -0.322 e. The summed E-state index contributed by atoms with van der Waals surface area (Å²) in [6.45, 7) is 3.45. The molecule has 0 aliphatic carbocycles. The van der Waals surface area contributed by atoms with Gasteiger partial charge in [0.05, 0.1) is 17.6 Å². The van der Waals surface area contributed by atoms with Gasteiger partial charge in [0, 0.05) is 4.47 Å². The van der Waals surface area contributed by atoms with Gasteiger partial charge in [-0.15, -0.1) is 0 Å². The molecule has 2 rings (SSSR count). The van der Waals surface area contributed by atoms with E-state index in [-0.39, 0.29) is 5.69 Å². The number of hydrogen-bond acceptors (Lipinski definition) is 3. The van der Waals surface area contributed by atoms with Crippen molar-refractivity contribution in [1.82, 2.24) is 0 Å². The Morgan fingerprint density at radius 1 is 1.23 bits per heavy atom. The molecule has 0 fully saturated rings. The molecule has 140 valence electrons. The summed E-state index contributed by atoms with van der Waals surface area (Å²) in [5.74, 6) is -1.24. The molecule has 26 heavy (non-hydrogen) atoms. The Morgan fingerprint density at radius 3 is 2.35 bits per heavy atom. The second-order valence-electron chi connectivity index (χ2n) is 5.87. The van der Waals surface area contributed by atoms with Crippen LogP contribution >= 0.6 is 15.9 Å². The number of hydrogen-bond donors (Lipinski definition) is 1. The minimum absolute atomic E-state index is 0.0140. The zero-order chi connectivity index (χ0) is 19.5. The van der Waals surface area contributed by atoms with E-state index in [9.17, 15) is 17.6 Å². The van der Waals surface area contributed by atoms with E-state index in [1.807, 2.05) is 19.1 Å². The highest BCUT2D eigenvalue weighted by Gasteiger charge is 2.29. The van der Waals surface area contributed by atoms with E-state index in [1.165, 1.54) is 19.1 Å². The number of aryl methyl sites for hydroxylation is 1. The SMILES string of the molecule is CCc1ccc(N([C@H](C)C(=O)Nc2ccc(Br)cc2F)S(C)(=O)=O)cc1. The molecule has 2 aromatic carbocycles. The third-order valence-electron chi connectivity index (χ3n) is 3.88. The van der Waals surface area contributed by atoms with E-state index < -0.39 is 27.8 Å². The lowest BCUT2D eigenvalue weighted by atomic mass is 10.1. The van der Waals surface area contributed by atoms with Crippen LogP contribution in [0.4, 0.5) is 15.8 Å². The summed E-state index contributed by atoms with van der Waals surface area (Å²) in [7, 11) is -3.72. The fourth-order valence-electron chi connectivity index (χ4n) is 2.52. The Balaban J connectivity index is 2.30. The van der Waals surface area contributed by atoms with Gasteiger partial charge in [-0.1, -0.05) is 35.0 Å². The van der Waals surface area contributed by atoms with Gasteiger partial charge in [-0.3, -0.25) is 9.10 Å². The molecule has 0 aromatic heterocycles. The zero-order valence-corrected chi connectivity index (χ0v) is 17.1. The molecule has 1 amide bonds. The molecule has 1 N–H and O–H groups in total. The molecule has 0 radical (unpaired) electrons. The van der Waals surface area contributed by atoms with Gasteiger partial charge in [0.2, 0.25) is 15.9 Å². The van der Waals surface area contributed by atoms with Crippen LogP contribution in [-0.4, -0.2) is 26.6 Å². The van der Waals surface area contributed by atoms with Gasteiger partial charge >= 0.3 is 0 Å². The van der Waals surface area contributed by atoms with Crippen molar-refractivity contribution >= 4 is 43.2 Å². The average Bonchev–Trinajstić information content (AvgIpc) is 2.56. The maximum Gasteiger partial charge on any atom is 0.248 e. The molecule has 5 nitrogen and oxygen atoms in total. The number of sulfonamides is 1. The molecule has 0 saturated carbocycles. The fourth-order valence-corrected chi connectivity index (χ4v) is 4.02. The van der Waals surface area contributed by atoms with Crippen LogP contribution in [0.2, 0.25) is 0 Å². The lowest BCUT2D eigenvalue weighted by molar-refractivity contribution is -0.116. The van der Waals surface area contributed by atoms with Crippen molar-refractivity contribution < 1.29 is 17.6 Å². The van der Waals surface area contributed by atoms with Gasteiger partial charge in [-0.25, -0.2) is 12.8 Å². The third kappa shape index (κ3) is 4.82. The summed E-state index contributed by atoms with van der Waals surface area (Å²) in [5.41, 5.74) is 1.42. The Kier molecular flexibility index (Phi) is 6.41. The van der Waals surface area contributed by atoms with E-state index in [1.54, 1.807) is 18.2 Å². The van der Waals surface area contributed by atoms with Crippen molar-refractivity contribution in [3.05, 3.63) is 58.3 Å². The molecule has 0 bridgehead atoms. The van der Waals surface area contributed by atoms with Crippen molar-refractivity contribution in [3.63, 3.8) is 0 Å². The van der Waals surface area contributed by atoms with Gasteiger partial charge in [-0.2, -0.15) is 0 Å². The average molecular weight is 443 g/mol. The first-order valence-corrected chi connectivity index (χ1v) is 10.6. The van der Waals surface area contributed by atoms with E-state index in [0.29, 0.717) is 10.2 Å². The number of rotatable bonds is 6. The monoisotopic (exact) mass is 442 g/mol. The molecule has 0 spiro atoms. The summed E-state index contributed by atoms with van der Waals surface area (Å²) in [4.78, 5) is 12.5. The zero-order valence-electron chi connectivity index (χ0n) is 14.7. The summed E-state index contributed by atoms with van der Waals surface area (Å²) in [6, 6.07) is 10.1. The van der Waals surface area contributed by atoms with Gasteiger partial charge in [-0.05, 0) is 49.2 Å². The lowest BCUT2D eigenvalue weighted by Gasteiger charge is -2.28. The fraction of sp³-hybridized carbons (Fsp3) is 0.278. The second kappa shape index (κ2) is 8.18. The maximum absolute atomic E-state index is 13.9. The first-order valence-electron chi connectivity index (χ1n) is 7.97. The first kappa shape index (κ1) is 20.4. The Bertz CT molecular complexity index is 901. The summed E-state index contributed by atoms with van der Waals surface area (Å²) < 4.78 is 40.0. The van der Waals surface area contributed by atoms with Crippen molar-refractivity contribution in [2.75, 3.05) is 15.9 Å². The topological polar surface area (TPSA) is 66.5 Å². The van der Waals surface area contributed by atoms with Gasteiger partial charge < -0.3 is 5.32 Å². The normalized spacial score (nSPS) is 12.5. The van der Waals surface area contributed by atoms with E-state index >= 15 is 0 Å². The van der Waals surface area contributed by atoms with Crippen LogP contribution in [0.1, 0.15) is 19.4 Å². The smallest absolute Gasteiger partial charge is 0.248 e. The number of nitrogens with zero attached hydrogens (tertiary/aromatic N) is 1. The molecular weight excluding hydrogens is 423 g/mol. The molecule has 0 aliphatic heterocycles. The molecule has 0 aliphatic rings. The number of carbonyl (C=O) groups is 1. The standard InChI is InChI=1S/C18H20BrFN2O3S/c1-4-13-5-8-15(9-6-13)22(26(3,24)25)12(2)18(23)21-17-10-7-14(19)11-16(17)20/h5-12H,4H2,1-3H3,(H,21,23)/t12-/m1/s1. The van der Waals surface area contributed by atoms with Crippen LogP contribution in [0.3, 0.4) is 0 Å². The lowest BCUT2D eigenvalue weighted by Crippen LogP contribution is -2.45. The summed E-state index contributed by atoms with van der Waals surface area (Å²) in [5, 5.41) is 2.44. The minimum atomic E-state index is -3.72. The molecular formula is C18H20BrFN2O3S. The van der Waals surface area contributed by atoms with Crippen molar-refractivity contribution in [2.24, 2.45) is 0 Å². The number of benzene rings is 2. The third-order valence-corrected chi connectivity index (χ3v) is 5.61. The Morgan fingerprint density at radius 2 is 1.85 bits per heavy atom. The van der Waals surface area contributed by atoms with Crippen LogP contribution < -0.4 is 9.62 Å². The quantitative estimate of drug-likeness (QED) is 0.736. The van der Waals surface area contributed by atoms with Gasteiger partial charge in [0.25, 0.3) is 0 Å². The van der Waals surface area contributed by atoms with Crippen molar-refractivity contribution in [3.8, 4) is 0 Å². The highest BCUT2D eigenvalue weighted by atomic mass is 79.9. The molecule has 2 aromatic rings. The molecule has 0 unspecified atom stereocenters. The van der Waals surface area contributed by atoms with Crippen LogP contribution in [0.5, 0.6) is 0 Å². The maximum atomic E-state index is 13.9. The summed E-state index contributed by atoms with van der Waals surface area (Å²) >= 11 is 3.14. The predicted octanol–water partition coefficient (Wildman–Crippen LogP) is 3.94. The van der Waals surface area contributed by atoms with Crippen LogP contribution in [0.15, 0.2) is 46.9 Å². The van der Waals surface area contributed by atoms with E-state index in [2.05, 4.69) is 21.2 Å². The highest BCUT2D eigenvalue weighted by molar-refractivity contribution is 9.10. The Hall–Kier alpha value is -1.93. The van der Waals surface area contributed by atoms with Crippen LogP contribution in [-0.2, 0) is 21.2 Å². The molecule has 1 atom stereocenters. The Labute approximate surface area is 161 Å². The summed E-state index contributed by atoms with van der Waals surface area (Å²) in [6.07, 6.45) is 1.85. The second-order valence-corrected chi connectivity index (χ2v) is 8.64. The van der Waals surface area contributed by atoms with Gasteiger partial charge in [0.15, 0.2) is 0 Å². The van der Waals surface area contributed by atoms with Crippen LogP contribution in [0.25, 0.3) is 0 Å². The van der Waals surface area contributed by atoms with Crippen LogP contribution in [0, 0.1) is 5.82 Å². The van der Waals surface area contributed by atoms with Crippen molar-refractivity contribution in [2.45, 2.75) is 26.3 Å². The molecule has 8 heteroatoms. The van der Waals surface area contributed by atoms with Gasteiger partial charge in [0.1, 0.15) is 11.9 Å². The van der Waals surface area contributed by atoms with Crippen molar-refractivity contribution in [1.29, 1.82) is 0 Å². The number of carbonyl (C=O) groups excluding carboxylic acids is 1. The van der Waals surface area contributed by atoms with E-state index in [4.69, 9.17) is 0 Å². The number of amides is 1. The highest BCUT2D eigenvalue weighted by Crippen LogP contribution is 2.24. The first-order chi connectivity index (χ1) is 12.1. The number of halogens is 2. The largest absolute Gasteiger partial charge is 0.322 e. The number of nitrogens with one attached hydrogen (secondary N) is 1. The molecule has 0 heterocycles. The number of anilines is 2. The predicted molar refractivity (Wildman–Crippen MR) is 105 cm³/mol.